The molecule has 0 heterocycles. The maximum absolute atomic E-state index is 14.4. The molecule has 8 aliphatic rings. The Morgan fingerprint density at radius 3 is 0.648 bits per heavy atom. The van der Waals surface area contributed by atoms with Crippen LogP contribution in [0.3, 0.4) is 0 Å². The summed E-state index contributed by atoms with van der Waals surface area (Å²) in [5.74, 6) is 11.9. The lowest BCUT2D eigenvalue weighted by Gasteiger charge is -2.37. The van der Waals surface area contributed by atoms with Crippen LogP contribution in [0.15, 0.2) is 48.5 Å². The van der Waals surface area contributed by atoms with Gasteiger partial charge in [0.2, 0.25) is 0 Å². The Morgan fingerprint density at radius 1 is 0.239 bits per heavy atom. The van der Waals surface area contributed by atoms with Gasteiger partial charge in [-0.15, -0.1) is 0 Å². The molecule has 4 aromatic rings. The normalized spacial score (nSPS) is 32.9. The van der Waals surface area contributed by atoms with Crippen molar-refractivity contribution >= 4 is 46.4 Å². The SMILES string of the molecule is Cc1ccc(C2CCC(C3CCC(C)CC3)CC2)c(Cl)c1F.Cc1ccc(C2CCC(C3CCC(C)CC3)CC2)c(Cl)c1F.Cc1ccc(C2CCC(C3CCC(C)CC3)CC2)c(F)c1Cl.Cc1ccc(C2CCC(C3CCC(C)CC3)CC2)c(F)c1Cl.[HH].[HH].[HH].[HH].[HH].[HH].[HH].[HH]. The summed E-state index contributed by atoms with van der Waals surface area (Å²) in [6.45, 7) is 16.9. The van der Waals surface area contributed by atoms with Crippen LogP contribution in [0.1, 0.15) is 313 Å². The van der Waals surface area contributed by atoms with Gasteiger partial charge in [0.25, 0.3) is 0 Å². The predicted molar refractivity (Wildman–Crippen MR) is 385 cm³/mol. The van der Waals surface area contributed by atoms with E-state index in [1.54, 1.807) is 13.8 Å². The van der Waals surface area contributed by atoms with Crippen molar-refractivity contribution in [1.82, 2.24) is 0 Å². The van der Waals surface area contributed by atoms with E-state index in [-0.39, 0.29) is 34.7 Å². The van der Waals surface area contributed by atoms with Crippen LogP contribution in [0.2, 0.25) is 20.1 Å². The zero-order valence-corrected chi connectivity index (χ0v) is 58.5. The smallest absolute Gasteiger partial charge is 0.145 e. The van der Waals surface area contributed by atoms with Gasteiger partial charge in [0, 0.05) is 11.4 Å². The molecule has 0 aliphatic heterocycles. The number of hydrogen-bond donors (Lipinski definition) is 0. The summed E-state index contributed by atoms with van der Waals surface area (Å²) in [6, 6.07) is 15.7. The van der Waals surface area contributed by atoms with Crippen LogP contribution in [0.5, 0.6) is 0 Å². The van der Waals surface area contributed by atoms with Crippen LogP contribution in [-0.2, 0) is 0 Å². The van der Waals surface area contributed by atoms with E-state index < -0.39 is 0 Å². The summed E-state index contributed by atoms with van der Waals surface area (Å²) >= 11 is 24.7. The second-order valence-corrected chi connectivity index (χ2v) is 32.4. The van der Waals surface area contributed by atoms with E-state index in [9.17, 15) is 17.6 Å². The van der Waals surface area contributed by atoms with E-state index in [2.05, 4.69) is 27.7 Å². The minimum atomic E-state index is -0.220. The zero-order valence-electron chi connectivity index (χ0n) is 55.5. The molecule has 0 unspecified atom stereocenters. The van der Waals surface area contributed by atoms with Crippen molar-refractivity contribution in [2.24, 2.45) is 71.0 Å². The number of benzene rings is 4. The van der Waals surface area contributed by atoms with Crippen LogP contribution < -0.4 is 0 Å². The molecule has 0 amide bonds. The van der Waals surface area contributed by atoms with E-state index in [1.807, 2.05) is 62.4 Å². The fraction of sp³-hybridized carbons (Fsp3) is 0.700. The first-order chi connectivity index (χ1) is 42.2. The molecule has 0 saturated heterocycles. The highest BCUT2D eigenvalue weighted by Crippen LogP contribution is 2.50. The van der Waals surface area contributed by atoms with Crippen LogP contribution in [-0.4, -0.2) is 0 Å². The molecule has 0 aromatic heterocycles. The molecule has 12 rings (SSSR count). The van der Waals surface area contributed by atoms with Gasteiger partial charge in [-0.25, -0.2) is 17.6 Å². The van der Waals surface area contributed by atoms with Crippen LogP contribution >= 0.6 is 46.4 Å². The minimum Gasteiger partial charge on any atom is -0.205 e. The summed E-state index contributed by atoms with van der Waals surface area (Å²) in [4.78, 5) is 0. The van der Waals surface area contributed by atoms with Crippen LogP contribution in [0.4, 0.5) is 17.6 Å². The molecule has 0 nitrogen and oxygen atoms in total. The number of rotatable bonds is 8. The largest absolute Gasteiger partial charge is 0.205 e. The maximum atomic E-state index is 14.4. The van der Waals surface area contributed by atoms with Gasteiger partial charge in [-0.05, 0) is 321 Å². The summed E-state index contributed by atoms with van der Waals surface area (Å²) in [5.41, 5.74) is 6.77. The van der Waals surface area contributed by atoms with E-state index in [0.717, 1.165) is 130 Å². The lowest BCUT2D eigenvalue weighted by Crippen LogP contribution is -2.25. The Labute approximate surface area is 564 Å². The standard InChI is InChI=1S/4C20H28ClF.8H2/c2*1-13-3-6-15(7-4-13)16-8-10-17(11-9-16)18-12-5-14(2)20(22)19(18)21;2*1-13-3-6-15(7-4-13)16-8-10-17(11-9-16)18-12-5-14(2)19(21)20(18)22;;;;;;;;/h4*5,12-13,15-17H,3-4,6-11H2,1-2H3;8*1H. The van der Waals surface area contributed by atoms with Crippen molar-refractivity contribution in [3.05, 3.63) is 136 Å². The van der Waals surface area contributed by atoms with Crippen molar-refractivity contribution in [2.45, 2.75) is 285 Å². The van der Waals surface area contributed by atoms with Crippen molar-refractivity contribution in [3.8, 4) is 0 Å². The van der Waals surface area contributed by atoms with Crippen LogP contribution in [0.25, 0.3) is 0 Å². The van der Waals surface area contributed by atoms with Crippen molar-refractivity contribution in [2.75, 3.05) is 0 Å². The van der Waals surface area contributed by atoms with Crippen molar-refractivity contribution in [1.29, 1.82) is 0 Å². The van der Waals surface area contributed by atoms with Gasteiger partial charge < -0.3 is 0 Å². The molecular weight excluding hydrogens is 1180 g/mol. The molecular formula is C80H128Cl4F4. The maximum Gasteiger partial charge on any atom is 0.145 e. The Morgan fingerprint density at radius 2 is 0.420 bits per heavy atom. The molecule has 0 spiro atoms. The highest BCUT2D eigenvalue weighted by Gasteiger charge is 2.36. The quantitative estimate of drug-likeness (QED) is 0.154. The average molecular weight is 1310 g/mol. The lowest BCUT2D eigenvalue weighted by atomic mass is 9.68. The molecule has 4 aromatic carbocycles. The van der Waals surface area contributed by atoms with Crippen LogP contribution in [0, 0.1) is 122 Å². The summed E-state index contributed by atoms with van der Waals surface area (Å²) < 4.78 is 56.9. The first-order valence-corrected chi connectivity index (χ1v) is 37.5. The van der Waals surface area contributed by atoms with E-state index in [4.69, 9.17) is 46.4 Å². The lowest BCUT2D eigenvalue weighted by molar-refractivity contribution is 0.164. The average Bonchev–Trinajstić information content (AvgIpc) is 0.840. The number of hydrogen-bond acceptors (Lipinski definition) is 0. The Kier molecular flexibility index (Phi) is 26.5. The highest BCUT2D eigenvalue weighted by molar-refractivity contribution is 6.32. The molecule has 8 aliphatic carbocycles. The van der Waals surface area contributed by atoms with E-state index in [0.29, 0.717) is 54.9 Å². The molecule has 0 bridgehead atoms. The number of halogens is 8. The minimum absolute atomic E-state index is 0. The Balaban J connectivity index is 0.000000623. The number of aryl methyl sites for hydroxylation is 4. The van der Waals surface area contributed by atoms with E-state index >= 15 is 0 Å². The molecule has 8 fully saturated rings. The highest BCUT2D eigenvalue weighted by atomic mass is 35.5. The molecule has 0 radical (unpaired) electrons. The molecule has 88 heavy (non-hydrogen) atoms. The summed E-state index contributed by atoms with van der Waals surface area (Å²) in [6.07, 6.45) is 42.2. The van der Waals surface area contributed by atoms with Gasteiger partial charge in [0.05, 0.1) is 20.1 Å². The van der Waals surface area contributed by atoms with E-state index in [1.165, 1.54) is 180 Å². The summed E-state index contributed by atoms with van der Waals surface area (Å²) in [5, 5.41) is 1.38. The fourth-order valence-corrected chi connectivity index (χ4v) is 19.6. The third-order valence-electron chi connectivity index (χ3n) is 25.0. The third kappa shape index (κ3) is 18.2. The second-order valence-electron chi connectivity index (χ2n) is 30.9. The van der Waals surface area contributed by atoms with Gasteiger partial charge in [0.15, 0.2) is 0 Å². The summed E-state index contributed by atoms with van der Waals surface area (Å²) in [7, 11) is 0. The van der Waals surface area contributed by atoms with Crippen molar-refractivity contribution in [3.63, 3.8) is 0 Å². The Hall–Kier alpha value is -2.24. The first kappa shape index (κ1) is 70.1. The first-order valence-electron chi connectivity index (χ1n) is 36.0. The van der Waals surface area contributed by atoms with Gasteiger partial charge in [-0.1, -0.05) is 174 Å². The molecule has 0 N–H and O–H groups in total. The van der Waals surface area contributed by atoms with Gasteiger partial charge in [-0.3, -0.25) is 0 Å². The zero-order chi connectivity index (χ0) is 62.8. The fourth-order valence-electron chi connectivity index (χ4n) is 18.5. The van der Waals surface area contributed by atoms with Gasteiger partial charge in [-0.2, -0.15) is 0 Å². The van der Waals surface area contributed by atoms with Gasteiger partial charge in [0.1, 0.15) is 23.3 Å². The molecule has 8 saturated carbocycles. The predicted octanol–water partition coefficient (Wildman–Crippen LogP) is 29.5. The monoisotopic (exact) mass is 1300 g/mol. The van der Waals surface area contributed by atoms with Crippen molar-refractivity contribution < 1.29 is 29.0 Å². The second kappa shape index (κ2) is 33.2. The molecule has 504 valence electrons. The Bertz CT molecular complexity index is 2460. The topological polar surface area (TPSA) is 0 Å². The van der Waals surface area contributed by atoms with Gasteiger partial charge >= 0.3 is 0 Å². The third-order valence-corrected chi connectivity index (χ3v) is 26.7. The molecule has 8 heteroatoms. The molecule has 0 atom stereocenters.